The highest BCUT2D eigenvalue weighted by Crippen LogP contribution is 2.30. The topological polar surface area (TPSA) is 66.0 Å². The highest BCUT2D eigenvalue weighted by Gasteiger charge is 2.22. The van der Waals surface area contributed by atoms with Crippen LogP contribution in [0.3, 0.4) is 0 Å². The van der Waals surface area contributed by atoms with E-state index in [9.17, 15) is 4.79 Å². The van der Waals surface area contributed by atoms with Crippen molar-refractivity contribution in [1.29, 1.82) is 0 Å². The van der Waals surface area contributed by atoms with Crippen LogP contribution in [0, 0.1) is 0 Å². The molecule has 3 N–H and O–H groups in total. The third-order valence-electron chi connectivity index (χ3n) is 3.99. The van der Waals surface area contributed by atoms with Gasteiger partial charge in [-0.2, -0.15) is 12.6 Å². The zero-order valence-corrected chi connectivity index (χ0v) is 16.1. The SMILES string of the molecule is C=C(CCC(=O)NCCS)Nc1nc2c(s1)C[C@@H](NCCC)CC2. The van der Waals surface area contributed by atoms with Gasteiger partial charge in [-0.05, 0) is 38.6 Å². The van der Waals surface area contributed by atoms with E-state index in [0.717, 1.165) is 36.6 Å². The maximum absolute atomic E-state index is 11.6. The number of thiazole rings is 1. The third-order valence-corrected chi connectivity index (χ3v) is 5.25. The molecule has 0 bridgehead atoms. The number of hydrogen-bond donors (Lipinski definition) is 4. The van der Waals surface area contributed by atoms with Crippen LogP contribution < -0.4 is 16.0 Å². The Hall–Kier alpha value is -1.05. The fraction of sp³-hybridized carbons (Fsp3) is 0.647. The molecule has 0 unspecified atom stereocenters. The Labute approximate surface area is 154 Å². The van der Waals surface area contributed by atoms with Gasteiger partial charge < -0.3 is 16.0 Å². The second-order valence-corrected chi connectivity index (χ2v) is 7.62. The molecule has 24 heavy (non-hydrogen) atoms. The molecule has 1 aliphatic rings. The van der Waals surface area contributed by atoms with Gasteiger partial charge in [0.2, 0.25) is 5.91 Å². The minimum atomic E-state index is 0.0373. The van der Waals surface area contributed by atoms with Gasteiger partial charge in [-0.25, -0.2) is 4.98 Å². The molecule has 1 aromatic heterocycles. The zero-order chi connectivity index (χ0) is 17.4. The number of nitrogens with one attached hydrogen (secondary N) is 3. The molecule has 0 saturated heterocycles. The van der Waals surface area contributed by atoms with Gasteiger partial charge in [-0.1, -0.05) is 13.5 Å². The molecule has 0 radical (unpaired) electrons. The van der Waals surface area contributed by atoms with Crippen LogP contribution in [0.1, 0.15) is 43.2 Å². The van der Waals surface area contributed by atoms with Crippen LogP contribution in [0.15, 0.2) is 12.3 Å². The number of rotatable bonds is 10. The molecule has 1 aliphatic carbocycles. The Balaban J connectivity index is 1.79. The van der Waals surface area contributed by atoms with Crippen LogP contribution in [0.25, 0.3) is 0 Å². The normalized spacial score (nSPS) is 16.5. The number of hydrogen-bond acceptors (Lipinski definition) is 6. The molecule has 0 aliphatic heterocycles. The van der Waals surface area contributed by atoms with Gasteiger partial charge in [0.1, 0.15) is 0 Å². The molecule has 0 fully saturated rings. The van der Waals surface area contributed by atoms with Gasteiger partial charge in [0.05, 0.1) is 5.69 Å². The van der Waals surface area contributed by atoms with Crippen molar-refractivity contribution in [2.75, 3.05) is 24.2 Å². The summed E-state index contributed by atoms with van der Waals surface area (Å²) >= 11 is 5.79. The Morgan fingerprint density at radius 2 is 2.25 bits per heavy atom. The summed E-state index contributed by atoms with van der Waals surface area (Å²) in [6.07, 6.45) is 5.47. The summed E-state index contributed by atoms with van der Waals surface area (Å²) in [6.45, 7) is 7.89. The van der Waals surface area contributed by atoms with Crippen molar-refractivity contribution in [3.8, 4) is 0 Å². The lowest BCUT2D eigenvalue weighted by molar-refractivity contribution is -0.120. The summed E-state index contributed by atoms with van der Waals surface area (Å²) in [5, 5.41) is 10.6. The first kappa shape index (κ1) is 19.3. The number of aromatic nitrogens is 1. The summed E-state index contributed by atoms with van der Waals surface area (Å²) in [7, 11) is 0. The van der Waals surface area contributed by atoms with Gasteiger partial charge in [0.25, 0.3) is 0 Å². The van der Waals surface area contributed by atoms with Crippen LogP contribution in [0.4, 0.5) is 5.13 Å². The van der Waals surface area contributed by atoms with Crippen LogP contribution in [0.5, 0.6) is 0 Å². The highest BCUT2D eigenvalue weighted by molar-refractivity contribution is 7.80. The Bertz CT molecular complexity index is 559. The quantitative estimate of drug-likeness (QED) is 0.480. The molecule has 2 rings (SSSR count). The van der Waals surface area contributed by atoms with Crippen molar-refractivity contribution in [3.63, 3.8) is 0 Å². The lowest BCUT2D eigenvalue weighted by Crippen LogP contribution is -2.34. The van der Waals surface area contributed by atoms with Gasteiger partial charge in [-0.15, -0.1) is 11.3 Å². The molecule has 1 atom stereocenters. The molecule has 0 aromatic carbocycles. The first-order chi connectivity index (χ1) is 11.6. The van der Waals surface area contributed by atoms with E-state index >= 15 is 0 Å². The van der Waals surface area contributed by atoms with Crippen LogP contribution in [0.2, 0.25) is 0 Å². The minimum Gasteiger partial charge on any atom is -0.355 e. The maximum Gasteiger partial charge on any atom is 0.220 e. The zero-order valence-electron chi connectivity index (χ0n) is 14.4. The summed E-state index contributed by atoms with van der Waals surface area (Å²) < 4.78 is 0. The van der Waals surface area contributed by atoms with Gasteiger partial charge in [-0.3, -0.25) is 4.79 Å². The second-order valence-electron chi connectivity index (χ2n) is 6.08. The predicted octanol–water partition coefficient (Wildman–Crippen LogP) is 2.75. The fourth-order valence-electron chi connectivity index (χ4n) is 2.71. The van der Waals surface area contributed by atoms with E-state index in [-0.39, 0.29) is 5.91 Å². The van der Waals surface area contributed by atoms with Gasteiger partial charge >= 0.3 is 0 Å². The number of aryl methyl sites for hydroxylation is 1. The largest absolute Gasteiger partial charge is 0.355 e. The maximum atomic E-state index is 11.6. The molecule has 0 spiro atoms. The van der Waals surface area contributed by atoms with E-state index in [4.69, 9.17) is 4.98 Å². The summed E-state index contributed by atoms with van der Waals surface area (Å²) in [5.74, 6) is 0.694. The first-order valence-electron chi connectivity index (χ1n) is 8.66. The van der Waals surface area contributed by atoms with Crippen LogP contribution in [-0.2, 0) is 17.6 Å². The first-order valence-corrected chi connectivity index (χ1v) is 10.1. The summed E-state index contributed by atoms with van der Waals surface area (Å²) in [4.78, 5) is 17.7. The second kappa shape index (κ2) is 10.1. The lowest BCUT2D eigenvalue weighted by Gasteiger charge is -2.21. The van der Waals surface area contributed by atoms with E-state index in [2.05, 4.69) is 42.1 Å². The number of nitrogens with zero attached hydrogens (tertiary/aromatic N) is 1. The minimum absolute atomic E-state index is 0.0373. The number of allylic oxidation sites excluding steroid dienone is 1. The van der Waals surface area contributed by atoms with Crippen molar-refractivity contribution in [3.05, 3.63) is 22.8 Å². The lowest BCUT2D eigenvalue weighted by atomic mass is 9.98. The molecule has 7 heteroatoms. The standard InChI is InChI=1S/C17H28N4OS2/c1-3-8-18-13-5-6-14-15(11-13)24-17(21-14)20-12(2)4-7-16(22)19-9-10-23/h13,18,23H,2-11H2,1H3,(H,19,22)(H,20,21)/t13-/m0/s1. The molecule has 1 amide bonds. The molecule has 1 heterocycles. The summed E-state index contributed by atoms with van der Waals surface area (Å²) in [6, 6.07) is 0.574. The molecular formula is C17H28N4OS2. The number of amides is 1. The third kappa shape index (κ3) is 6.11. The molecule has 0 saturated carbocycles. The van der Waals surface area contributed by atoms with Gasteiger partial charge in [0.15, 0.2) is 5.13 Å². The monoisotopic (exact) mass is 368 g/mol. The number of carbonyl (C=O) groups excluding carboxylic acids is 1. The predicted molar refractivity (Wildman–Crippen MR) is 105 cm³/mol. The van der Waals surface area contributed by atoms with E-state index in [1.807, 2.05) is 0 Å². The number of anilines is 1. The van der Waals surface area contributed by atoms with Crippen LogP contribution in [-0.4, -0.2) is 35.8 Å². The van der Waals surface area contributed by atoms with E-state index < -0.39 is 0 Å². The Morgan fingerprint density at radius 1 is 1.42 bits per heavy atom. The molecular weight excluding hydrogens is 340 g/mol. The van der Waals surface area contributed by atoms with E-state index in [0.29, 0.717) is 31.2 Å². The van der Waals surface area contributed by atoms with Crippen molar-refractivity contribution in [2.45, 2.75) is 51.5 Å². The molecule has 1 aromatic rings. The van der Waals surface area contributed by atoms with Crippen molar-refractivity contribution < 1.29 is 4.79 Å². The number of fused-ring (bicyclic) bond motifs is 1. The van der Waals surface area contributed by atoms with Crippen molar-refractivity contribution in [2.24, 2.45) is 0 Å². The fourth-order valence-corrected chi connectivity index (χ4v) is 3.96. The smallest absolute Gasteiger partial charge is 0.220 e. The molecule has 5 nitrogen and oxygen atoms in total. The Kier molecular flexibility index (Phi) is 8.08. The highest BCUT2D eigenvalue weighted by atomic mass is 32.1. The summed E-state index contributed by atoms with van der Waals surface area (Å²) in [5.41, 5.74) is 2.05. The van der Waals surface area contributed by atoms with E-state index in [1.165, 1.54) is 17.0 Å². The number of carbonyl (C=O) groups is 1. The van der Waals surface area contributed by atoms with Crippen molar-refractivity contribution >= 4 is 35.0 Å². The Morgan fingerprint density at radius 3 is 3.00 bits per heavy atom. The van der Waals surface area contributed by atoms with Crippen molar-refractivity contribution in [1.82, 2.24) is 15.6 Å². The number of thiol groups is 1. The average Bonchev–Trinajstić information content (AvgIpc) is 2.97. The van der Waals surface area contributed by atoms with E-state index in [1.54, 1.807) is 11.3 Å². The molecule has 134 valence electrons. The average molecular weight is 369 g/mol. The van der Waals surface area contributed by atoms with Gasteiger partial charge in [0, 0.05) is 35.3 Å². The van der Waals surface area contributed by atoms with Crippen LogP contribution >= 0.6 is 24.0 Å².